The first kappa shape index (κ1) is 21.8. The Bertz CT molecular complexity index is 877. The van der Waals surface area contributed by atoms with Crippen molar-refractivity contribution < 1.29 is 28.5 Å². The van der Waals surface area contributed by atoms with Gasteiger partial charge < -0.3 is 24.3 Å². The lowest BCUT2D eigenvalue weighted by atomic mass is 10.2. The number of carbonyl (C=O) groups excluding carboxylic acids is 2. The SMILES string of the molecule is CCOc1ccccc1/C=C/C(=O)O[C@@H](C)C(=O)Nc1ccc(OC)c(OC)c1. The van der Waals surface area contributed by atoms with Crippen LogP contribution in [0.2, 0.25) is 0 Å². The Balaban J connectivity index is 1.96. The first-order valence-corrected chi connectivity index (χ1v) is 9.11. The molecule has 29 heavy (non-hydrogen) atoms. The van der Waals surface area contributed by atoms with Crippen LogP contribution in [-0.2, 0) is 14.3 Å². The van der Waals surface area contributed by atoms with Gasteiger partial charge in [0.15, 0.2) is 17.6 Å². The maximum Gasteiger partial charge on any atom is 0.331 e. The van der Waals surface area contributed by atoms with E-state index in [4.69, 9.17) is 18.9 Å². The van der Waals surface area contributed by atoms with Crippen molar-refractivity contribution in [3.8, 4) is 17.2 Å². The average Bonchev–Trinajstić information content (AvgIpc) is 2.73. The van der Waals surface area contributed by atoms with Crippen LogP contribution in [0, 0.1) is 0 Å². The Kier molecular flexibility index (Phi) is 8.09. The second kappa shape index (κ2) is 10.8. The molecule has 2 aromatic carbocycles. The topological polar surface area (TPSA) is 83.1 Å². The fourth-order valence-corrected chi connectivity index (χ4v) is 2.49. The minimum atomic E-state index is -0.984. The van der Waals surface area contributed by atoms with E-state index < -0.39 is 18.0 Å². The van der Waals surface area contributed by atoms with Crippen molar-refractivity contribution in [2.45, 2.75) is 20.0 Å². The number of amides is 1. The summed E-state index contributed by atoms with van der Waals surface area (Å²) in [6, 6.07) is 12.3. The fraction of sp³-hybridized carbons (Fsp3) is 0.273. The van der Waals surface area contributed by atoms with E-state index in [-0.39, 0.29) is 0 Å². The molecule has 0 bridgehead atoms. The molecule has 1 N–H and O–H groups in total. The average molecular weight is 399 g/mol. The lowest BCUT2D eigenvalue weighted by Gasteiger charge is -2.14. The van der Waals surface area contributed by atoms with Crippen LogP contribution in [0.25, 0.3) is 6.08 Å². The monoisotopic (exact) mass is 399 g/mol. The van der Waals surface area contributed by atoms with Gasteiger partial charge in [-0.05, 0) is 38.1 Å². The second-order valence-electron chi connectivity index (χ2n) is 5.94. The van der Waals surface area contributed by atoms with Gasteiger partial charge in [-0.3, -0.25) is 4.79 Å². The van der Waals surface area contributed by atoms with E-state index in [1.54, 1.807) is 24.3 Å². The number of ether oxygens (including phenoxy) is 4. The van der Waals surface area contributed by atoms with Gasteiger partial charge in [-0.25, -0.2) is 4.79 Å². The second-order valence-corrected chi connectivity index (χ2v) is 5.94. The van der Waals surface area contributed by atoms with Crippen LogP contribution in [0.15, 0.2) is 48.5 Å². The van der Waals surface area contributed by atoms with Crippen LogP contribution in [0.1, 0.15) is 19.4 Å². The summed E-state index contributed by atoms with van der Waals surface area (Å²) in [5.41, 5.74) is 1.24. The molecule has 0 aliphatic carbocycles. The highest BCUT2D eigenvalue weighted by molar-refractivity contribution is 5.97. The maximum absolute atomic E-state index is 12.3. The summed E-state index contributed by atoms with van der Waals surface area (Å²) >= 11 is 0. The van der Waals surface area contributed by atoms with E-state index >= 15 is 0 Å². The van der Waals surface area contributed by atoms with E-state index in [0.29, 0.717) is 29.5 Å². The van der Waals surface area contributed by atoms with Crippen molar-refractivity contribution in [2.24, 2.45) is 0 Å². The number of hydrogen-bond acceptors (Lipinski definition) is 6. The van der Waals surface area contributed by atoms with Crippen molar-refractivity contribution in [1.82, 2.24) is 0 Å². The summed E-state index contributed by atoms with van der Waals surface area (Å²) in [4.78, 5) is 24.4. The highest BCUT2D eigenvalue weighted by Crippen LogP contribution is 2.29. The third-order valence-corrected chi connectivity index (χ3v) is 3.93. The summed E-state index contributed by atoms with van der Waals surface area (Å²) in [6.07, 6.45) is 1.87. The summed E-state index contributed by atoms with van der Waals surface area (Å²) < 4.78 is 21.0. The fourth-order valence-electron chi connectivity index (χ4n) is 2.49. The number of carbonyl (C=O) groups is 2. The van der Waals surface area contributed by atoms with E-state index in [0.717, 1.165) is 5.56 Å². The summed E-state index contributed by atoms with van der Waals surface area (Å²) in [6.45, 7) is 3.89. The zero-order valence-electron chi connectivity index (χ0n) is 16.9. The summed E-state index contributed by atoms with van der Waals surface area (Å²) in [5, 5.41) is 2.68. The molecule has 7 heteroatoms. The van der Waals surface area contributed by atoms with Crippen LogP contribution in [0.5, 0.6) is 17.2 Å². The lowest BCUT2D eigenvalue weighted by Crippen LogP contribution is -2.29. The molecule has 0 radical (unpaired) electrons. The highest BCUT2D eigenvalue weighted by Gasteiger charge is 2.17. The molecular weight excluding hydrogens is 374 g/mol. The Labute approximate surface area is 170 Å². The summed E-state index contributed by atoms with van der Waals surface area (Å²) in [5.74, 6) is 0.589. The van der Waals surface area contributed by atoms with Gasteiger partial charge in [0, 0.05) is 23.4 Å². The molecular formula is C22H25NO6. The van der Waals surface area contributed by atoms with Crippen molar-refractivity contribution >= 4 is 23.6 Å². The maximum atomic E-state index is 12.3. The van der Waals surface area contributed by atoms with Gasteiger partial charge in [0.1, 0.15) is 5.75 Å². The number of hydrogen-bond donors (Lipinski definition) is 1. The van der Waals surface area contributed by atoms with Gasteiger partial charge in [-0.2, -0.15) is 0 Å². The van der Waals surface area contributed by atoms with E-state index in [1.807, 2.05) is 31.2 Å². The smallest absolute Gasteiger partial charge is 0.331 e. The van der Waals surface area contributed by atoms with Gasteiger partial charge in [0.05, 0.1) is 20.8 Å². The Morgan fingerprint density at radius 2 is 1.76 bits per heavy atom. The molecule has 2 rings (SSSR count). The van der Waals surface area contributed by atoms with Crippen molar-refractivity contribution in [3.05, 3.63) is 54.1 Å². The third-order valence-electron chi connectivity index (χ3n) is 3.93. The first-order chi connectivity index (χ1) is 14.0. The van der Waals surface area contributed by atoms with Gasteiger partial charge in [-0.1, -0.05) is 18.2 Å². The zero-order chi connectivity index (χ0) is 21.2. The molecule has 154 valence electrons. The number of esters is 1. The number of methoxy groups -OCH3 is 2. The normalized spacial score (nSPS) is 11.6. The Morgan fingerprint density at radius 3 is 2.45 bits per heavy atom. The van der Waals surface area contributed by atoms with Crippen LogP contribution < -0.4 is 19.5 Å². The molecule has 0 unspecified atom stereocenters. The van der Waals surface area contributed by atoms with Crippen molar-refractivity contribution in [2.75, 3.05) is 26.1 Å². The van der Waals surface area contributed by atoms with Gasteiger partial charge >= 0.3 is 5.97 Å². The van der Waals surface area contributed by atoms with Gasteiger partial charge in [0.25, 0.3) is 5.91 Å². The lowest BCUT2D eigenvalue weighted by molar-refractivity contribution is -0.148. The van der Waals surface area contributed by atoms with Crippen LogP contribution in [0.3, 0.4) is 0 Å². The van der Waals surface area contributed by atoms with Gasteiger partial charge in [-0.15, -0.1) is 0 Å². The number of rotatable bonds is 9. The number of anilines is 1. The van der Waals surface area contributed by atoms with Crippen LogP contribution in [0.4, 0.5) is 5.69 Å². The van der Waals surface area contributed by atoms with E-state index in [2.05, 4.69) is 5.32 Å². The predicted molar refractivity (Wildman–Crippen MR) is 110 cm³/mol. The molecule has 1 amide bonds. The standard InChI is InChI=1S/C22H25NO6/c1-5-28-18-9-7-6-8-16(18)10-13-21(24)29-15(2)22(25)23-17-11-12-19(26-3)20(14-17)27-4/h6-15H,5H2,1-4H3,(H,23,25)/b13-10+/t15-/m0/s1. The molecule has 2 aromatic rings. The highest BCUT2D eigenvalue weighted by atomic mass is 16.5. The Hall–Kier alpha value is -3.48. The predicted octanol–water partition coefficient (Wildman–Crippen LogP) is 3.69. The first-order valence-electron chi connectivity index (χ1n) is 9.11. The largest absolute Gasteiger partial charge is 0.493 e. The third kappa shape index (κ3) is 6.27. The molecule has 0 heterocycles. The summed E-state index contributed by atoms with van der Waals surface area (Å²) in [7, 11) is 3.03. The molecule has 0 saturated carbocycles. The number of para-hydroxylation sites is 1. The molecule has 0 aliphatic heterocycles. The van der Waals surface area contributed by atoms with E-state index in [1.165, 1.54) is 27.2 Å². The van der Waals surface area contributed by atoms with E-state index in [9.17, 15) is 9.59 Å². The minimum absolute atomic E-state index is 0.464. The molecule has 0 aromatic heterocycles. The number of benzene rings is 2. The molecule has 0 spiro atoms. The molecule has 1 atom stereocenters. The molecule has 0 saturated heterocycles. The van der Waals surface area contributed by atoms with Crippen molar-refractivity contribution in [3.63, 3.8) is 0 Å². The minimum Gasteiger partial charge on any atom is -0.493 e. The Morgan fingerprint density at radius 1 is 1.03 bits per heavy atom. The van der Waals surface area contributed by atoms with Crippen molar-refractivity contribution in [1.29, 1.82) is 0 Å². The van der Waals surface area contributed by atoms with Gasteiger partial charge in [0.2, 0.25) is 0 Å². The quantitative estimate of drug-likeness (QED) is 0.512. The van der Waals surface area contributed by atoms with Crippen LogP contribution >= 0.6 is 0 Å². The molecule has 7 nitrogen and oxygen atoms in total. The molecule has 0 fully saturated rings. The number of nitrogens with one attached hydrogen (secondary N) is 1. The van der Waals surface area contributed by atoms with Crippen LogP contribution in [-0.4, -0.2) is 38.8 Å². The molecule has 0 aliphatic rings. The zero-order valence-corrected chi connectivity index (χ0v) is 16.9.